The minimum atomic E-state index is -4.39. The number of alkyl halides is 4. The molecule has 0 spiro atoms. The summed E-state index contributed by atoms with van der Waals surface area (Å²) in [4.78, 5) is 0. The van der Waals surface area contributed by atoms with E-state index >= 15 is 0 Å². The Labute approximate surface area is 84.4 Å². The van der Waals surface area contributed by atoms with Crippen LogP contribution in [0.25, 0.3) is 0 Å². The third-order valence-corrected chi connectivity index (χ3v) is 2.03. The zero-order valence-corrected chi connectivity index (χ0v) is 8.12. The van der Waals surface area contributed by atoms with Gasteiger partial charge in [-0.05, 0) is 17.7 Å². The monoisotopic (exact) mass is 224 g/mol. The van der Waals surface area contributed by atoms with E-state index < -0.39 is 11.7 Å². The fraction of sp³-hybridized carbons (Fsp3) is 0.333. The lowest BCUT2D eigenvalue weighted by Gasteiger charge is -2.12. The van der Waals surface area contributed by atoms with Crippen molar-refractivity contribution < 1.29 is 17.9 Å². The van der Waals surface area contributed by atoms with Gasteiger partial charge < -0.3 is 4.74 Å². The lowest BCUT2D eigenvalue weighted by Crippen LogP contribution is -2.07. The van der Waals surface area contributed by atoms with Crippen LogP contribution >= 0.6 is 11.6 Å². The highest BCUT2D eigenvalue weighted by Gasteiger charge is 2.34. The van der Waals surface area contributed by atoms with Crippen LogP contribution in [0.5, 0.6) is 5.75 Å². The molecule has 0 heterocycles. The van der Waals surface area contributed by atoms with Crippen LogP contribution in [0.3, 0.4) is 0 Å². The average molecular weight is 225 g/mol. The Kier molecular flexibility index (Phi) is 3.26. The molecular formula is C9H8ClF3O. The standard InChI is InChI=1S/C9H8ClF3O/c1-14-8-4-6(5-10)2-3-7(8)9(11,12)13/h2-4H,5H2,1H3. The van der Waals surface area contributed by atoms with Crippen molar-refractivity contribution in [3.8, 4) is 5.75 Å². The molecule has 5 heteroatoms. The van der Waals surface area contributed by atoms with E-state index in [1.54, 1.807) is 0 Å². The number of hydrogen-bond acceptors (Lipinski definition) is 1. The number of benzene rings is 1. The van der Waals surface area contributed by atoms with Gasteiger partial charge in [0.1, 0.15) is 5.75 Å². The first-order chi connectivity index (χ1) is 6.49. The summed E-state index contributed by atoms with van der Waals surface area (Å²) < 4.78 is 41.7. The second-order valence-corrected chi connectivity index (χ2v) is 2.93. The summed E-state index contributed by atoms with van der Waals surface area (Å²) in [5.41, 5.74) is -0.189. The predicted molar refractivity (Wildman–Crippen MR) is 47.6 cm³/mol. The first-order valence-corrected chi connectivity index (χ1v) is 4.32. The molecule has 1 rings (SSSR count). The molecule has 0 radical (unpaired) electrons. The zero-order chi connectivity index (χ0) is 10.8. The van der Waals surface area contributed by atoms with Crippen LogP contribution in [0.4, 0.5) is 13.2 Å². The molecule has 0 aliphatic carbocycles. The van der Waals surface area contributed by atoms with Gasteiger partial charge in [0.15, 0.2) is 0 Å². The molecular weight excluding hydrogens is 217 g/mol. The molecule has 0 atom stereocenters. The first-order valence-electron chi connectivity index (χ1n) is 3.79. The first kappa shape index (κ1) is 11.2. The maximum Gasteiger partial charge on any atom is 0.419 e. The maximum absolute atomic E-state index is 12.4. The van der Waals surface area contributed by atoms with E-state index in [4.69, 9.17) is 11.6 Å². The second kappa shape index (κ2) is 4.09. The smallest absolute Gasteiger partial charge is 0.419 e. The predicted octanol–water partition coefficient (Wildman–Crippen LogP) is 3.45. The highest BCUT2D eigenvalue weighted by atomic mass is 35.5. The molecule has 0 N–H and O–H groups in total. The third kappa shape index (κ3) is 2.32. The molecule has 0 saturated carbocycles. The number of ether oxygens (including phenoxy) is 1. The largest absolute Gasteiger partial charge is 0.496 e. The minimum absolute atomic E-state index is 0.161. The van der Waals surface area contributed by atoms with Crippen LogP contribution in [0.1, 0.15) is 11.1 Å². The Morgan fingerprint density at radius 3 is 2.43 bits per heavy atom. The summed E-state index contributed by atoms with van der Waals surface area (Å²) in [5, 5.41) is 0. The van der Waals surface area contributed by atoms with E-state index in [2.05, 4.69) is 4.74 Å². The van der Waals surface area contributed by atoms with Gasteiger partial charge in [0.2, 0.25) is 0 Å². The topological polar surface area (TPSA) is 9.23 Å². The lowest BCUT2D eigenvalue weighted by atomic mass is 10.1. The van der Waals surface area contributed by atoms with Crippen LogP contribution < -0.4 is 4.74 Å². The second-order valence-electron chi connectivity index (χ2n) is 2.67. The molecule has 14 heavy (non-hydrogen) atoms. The number of hydrogen-bond donors (Lipinski definition) is 0. The Bertz CT molecular complexity index is 322. The molecule has 1 nitrogen and oxygen atoms in total. The van der Waals surface area contributed by atoms with Gasteiger partial charge in [-0.25, -0.2) is 0 Å². The summed E-state index contributed by atoms with van der Waals surface area (Å²) in [6.07, 6.45) is -4.39. The Morgan fingerprint density at radius 2 is 2.00 bits per heavy atom. The molecule has 1 aromatic rings. The summed E-state index contributed by atoms with van der Waals surface area (Å²) in [7, 11) is 1.20. The molecule has 0 fully saturated rings. The van der Waals surface area contributed by atoms with E-state index in [-0.39, 0.29) is 11.6 Å². The van der Waals surface area contributed by atoms with Gasteiger partial charge in [-0.15, -0.1) is 11.6 Å². The van der Waals surface area contributed by atoms with Crippen LogP contribution in [0, 0.1) is 0 Å². The zero-order valence-electron chi connectivity index (χ0n) is 7.36. The van der Waals surface area contributed by atoms with E-state index in [1.807, 2.05) is 0 Å². The van der Waals surface area contributed by atoms with Crippen molar-refractivity contribution in [2.75, 3.05) is 7.11 Å². The molecule has 0 aromatic heterocycles. The number of halogens is 4. The van der Waals surface area contributed by atoms with Crippen molar-refractivity contribution in [3.63, 3.8) is 0 Å². The normalized spacial score (nSPS) is 11.5. The van der Waals surface area contributed by atoms with Crippen LogP contribution in [0.2, 0.25) is 0 Å². The van der Waals surface area contributed by atoms with Crippen molar-refractivity contribution in [1.29, 1.82) is 0 Å². The van der Waals surface area contributed by atoms with E-state index in [9.17, 15) is 13.2 Å². The van der Waals surface area contributed by atoms with Gasteiger partial charge in [0.25, 0.3) is 0 Å². The summed E-state index contributed by atoms with van der Waals surface area (Å²) in [6.45, 7) is 0. The Hall–Kier alpha value is -0.900. The molecule has 0 unspecified atom stereocenters. The van der Waals surface area contributed by atoms with Crippen molar-refractivity contribution in [1.82, 2.24) is 0 Å². The van der Waals surface area contributed by atoms with Crippen molar-refractivity contribution >= 4 is 11.6 Å². The van der Waals surface area contributed by atoms with Gasteiger partial charge >= 0.3 is 6.18 Å². The van der Waals surface area contributed by atoms with Crippen molar-refractivity contribution in [2.24, 2.45) is 0 Å². The fourth-order valence-corrected chi connectivity index (χ4v) is 1.22. The van der Waals surface area contributed by atoms with Crippen LogP contribution in [-0.2, 0) is 12.1 Å². The van der Waals surface area contributed by atoms with E-state index in [0.717, 1.165) is 6.07 Å². The molecule has 78 valence electrons. The van der Waals surface area contributed by atoms with Crippen LogP contribution in [0.15, 0.2) is 18.2 Å². The lowest BCUT2D eigenvalue weighted by molar-refractivity contribution is -0.138. The molecule has 0 bridgehead atoms. The number of methoxy groups -OCH3 is 1. The average Bonchev–Trinajstić information content (AvgIpc) is 2.15. The van der Waals surface area contributed by atoms with Crippen molar-refractivity contribution in [2.45, 2.75) is 12.1 Å². The summed E-state index contributed by atoms with van der Waals surface area (Å²) >= 11 is 5.49. The SMILES string of the molecule is COc1cc(CCl)ccc1C(F)(F)F. The van der Waals surface area contributed by atoms with Gasteiger partial charge in [0, 0.05) is 5.88 Å². The highest BCUT2D eigenvalue weighted by Crippen LogP contribution is 2.36. The summed E-state index contributed by atoms with van der Waals surface area (Å²) in [6, 6.07) is 3.59. The molecule has 0 amide bonds. The third-order valence-electron chi connectivity index (χ3n) is 1.73. The molecule has 1 aromatic carbocycles. The molecule has 0 saturated heterocycles. The van der Waals surface area contributed by atoms with Gasteiger partial charge in [-0.2, -0.15) is 13.2 Å². The van der Waals surface area contributed by atoms with Crippen molar-refractivity contribution in [3.05, 3.63) is 29.3 Å². The maximum atomic E-state index is 12.4. The van der Waals surface area contributed by atoms with E-state index in [1.165, 1.54) is 19.2 Å². The van der Waals surface area contributed by atoms with Gasteiger partial charge in [0.05, 0.1) is 12.7 Å². The summed E-state index contributed by atoms with van der Waals surface area (Å²) in [5.74, 6) is -0.0373. The Balaban J connectivity index is 3.18. The van der Waals surface area contributed by atoms with E-state index in [0.29, 0.717) is 5.56 Å². The van der Waals surface area contributed by atoms with Gasteiger partial charge in [-0.3, -0.25) is 0 Å². The van der Waals surface area contributed by atoms with Crippen LogP contribution in [-0.4, -0.2) is 7.11 Å². The molecule has 0 aliphatic rings. The highest BCUT2D eigenvalue weighted by molar-refractivity contribution is 6.17. The van der Waals surface area contributed by atoms with Gasteiger partial charge in [-0.1, -0.05) is 6.07 Å². The molecule has 0 aliphatic heterocycles. The fourth-order valence-electron chi connectivity index (χ4n) is 1.05. The minimum Gasteiger partial charge on any atom is -0.496 e. The number of rotatable bonds is 2. The Morgan fingerprint density at radius 1 is 1.36 bits per heavy atom. The quantitative estimate of drug-likeness (QED) is 0.699.